The Balaban J connectivity index is 2.73. The highest BCUT2D eigenvalue weighted by atomic mass is 16.6. The Kier molecular flexibility index (Phi) is 6.65. The second kappa shape index (κ2) is 8.46. The van der Waals surface area contributed by atoms with Crippen molar-refractivity contribution in [1.82, 2.24) is 10.2 Å². The lowest BCUT2D eigenvalue weighted by Crippen LogP contribution is -2.38. The summed E-state index contributed by atoms with van der Waals surface area (Å²) in [4.78, 5) is 45.9. The number of rotatable bonds is 7. The van der Waals surface area contributed by atoms with Gasteiger partial charge in [0, 0.05) is 20.2 Å². The van der Waals surface area contributed by atoms with Crippen LogP contribution < -0.4 is 10.1 Å². The van der Waals surface area contributed by atoms with Crippen molar-refractivity contribution in [3.05, 3.63) is 33.9 Å². The molecule has 10 nitrogen and oxygen atoms in total. The largest absolute Gasteiger partial charge is 0.477 e. The van der Waals surface area contributed by atoms with Crippen molar-refractivity contribution in [3.8, 4) is 5.75 Å². The van der Waals surface area contributed by atoms with Crippen molar-refractivity contribution < 1.29 is 28.8 Å². The first kappa shape index (κ1) is 18.9. The van der Waals surface area contributed by atoms with E-state index < -0.39 is 29.1 Å². The van der Waals surface area contributed by atoms with Gasteiger partial charge in [0.15, 0.2) is 12.4 Å². The first-order valence-corrected chi connectivity index (χ1v) is 6.72. The normalized spacial score (nSPS) is 9.79. The van der Waals surface area contributed by atoms with Crippen molar-refractivity contribution in [2.45, 2.75) is 0 Å². The molecule has 24 heavy (non-hydrogen) atoms. The van der Waals surface area contributed by atoms with Crippen LogP contribution in [0.1, 0.15) is 10.4 Å². The van der Waals surface area contributed by atoms with Crippen LogP contribution in [0.4, 0.5) is 5.69 Å². The molecule has 2 amide bonds. The van der Waals surface area contributed by atoms with Gasteiger partial charge in [-0.3, -0.25) is 19.7 Å². The number of benzene rings is 1. The number of carbonyl (C=O) groups excluding carboxylic acids is 3. The van der Waals surface area contributed by atoms with Gasteiger partial charge < -0.3 is 19.7 Å². The maximum atomic E-state index is 11.6. The number of amides is 2. The maximum absolute atomic E-state index is 11.6. The lowest BCUT2D eigenvalue weighted by molar-refractivity contribution is -0.385. The van der Waals surface area contributed by atoms with E-state index in [1.807, 2.05) is 0 Å². The van der Waals surface area contributed by atoms with Gasteiger partial charge in [-0.1, -0.05) is 0 Å². The SMILES string of the molecule is COC(=O)c1ccc(OCC(=O)NCC(=O)N(C)C)c([N+](=O)[O-])c1. The van der Waals surface area contributed by atoms with E-state index in [-0.39, 0.29) is 23.8 Å². The van der Waals surface area contributed by atoms with E-state index >= 15 is 0 Å². The summed E-state index contributed by atoms with van der Waals surface area (Å²) in [6.07, 6.45) is 0. The zero-order valence-electron chi connectivity index (χ0n) is 13.4. The quantitative estimate of drug-likeness (QED) is 0.419. The molecule has 1 rings (SSSR count). The number of hydrogen-bond donors (Lipinski definition) is 1. The highest BCUT2D eigenvalue weighted by molar-refractivity contribution is 5.90. The zero-order valence-corrected chi connectivity index (χ0v) is 13.4. The summed E-state index contributed by atoms with van der Waals surface area (Å²) in [5, 5.41) is 13.4. The summed E-state index contributed by atoms with van der Waals surface area (Å²) in [5.41, 5.74) is -0.493. The molecule has 0 spiro atoms. The number of nitro benzene ring substituents is 1. The lowest BCUT2D eigenvalue weighted by Gasteiger charge is -2.11. The third kappa shape index (κ3) is 5.23. The molecular formula is C14H17N3O7. The van der Waals surface area contributed by atoms with E-state index in [1.165, 1.54) is 31.1 Å². The fourth-order valence-corrected chi connectivity index (χ4v) is 1.55. The highest BCUT2D eigenvalue weighted by Crippen LogP contribution is 2.28. The Morgan fingerprint density at radius 1 is 1.29 bits per heavy atom. The average molecular weight is 339 g/mol. The monoisotopic (exact) mass is 339 g/mol. The molecule has 1 aromatic rings. The van der Waals surface area contributed by atoms with Gasteiger partial charge in [0.25, 0.3) is 5.91 Å². The van der Waals surface area contributed by atoms with E-state index in [4.69, 9.17) is 4.74 Å². The van der Waals surface area contributed by atoms with Gasteiger partial charge in [0.1, 0.15) is 0 Å². The Hall–Kier alpha value is -3.17. The minimum atomic E-state index is -0.741. The second-order valence-corrected chi connectivity index (χ2v) is 4.78. The predicted molar refractivity (Wildman–Crippen MR) is 81.6 cm³/mol. The van der Waals surface area contributed by atoms with Crippen molar-refractivity contribution >= 4 is 23.5 Å². The van der Waals surface area contributed by atoms with E-state index in [0.29, 0.717) is 0 Å². The summed E-state index contributed by atoms with van der Waals surface area (Å²) < 4.78 is 9.57. The van der Waals surface area contributed by atoms with Gasteiger partial charge in [-0.25, -0.2) is 4.79 Å². The molecule has 10 heteroatoms. The molecule has 0 saturated heterocycles. The van der Waals surface area contributed by atoms with Crippen LogP contribution in [0.2, 0.25) is 0 Å². The van der Waals surface area contributed by atoms with E-state index in [1.54, 1.807) is 0 Å². The molecule has 1 aromatic carbocycles. The van der Waals surface area contributed by atoms with Crippen LogP contribution >= 0.6 is 0 Å². The van der Waals surface area contributed by atoms with Crippen LogP contribution in [0, 0.1) is 10.1 Å². The molecule has 0 aliphatic carbocycles. The first-order valence-electron chi connectivity index (χ1n) is 6.72. The van der Waals surface area contributed by atoms with Crippen LogP contribution in [-0.2, 0) is 14.3 Å². The molecule has 0 saturated carbocycles. The molecule has 0 aliphatic heterocycles. The number of likely N-dealkylation sites (N-methyl/N-ethyl adjacent to an activating group) is 1. The number of esters is 1. The van der Waals surface area contributed by atoms with Crippen molar-refractivity contribution in [3.63, 3.8) is 0 Å². The number of nitro groups is 1. The predicted octanol–water partition coefficient (Wildman–Crippen LogP) is -0.0354. The molecule has 0 radical (unpaired) electrons. The fraction of sp³-hybridized carbons (Fsp3) is 0.357. The van der Waals surface area contributed by atoms with Crippen molar-refractivity contribution in [2.24, 2.45) is 0 Å². The topological polar surface area (TPSA) is 128 Å². The third-order valence-corrected chi connectivity index (χ3v) is 2.87. The molecule has 0 unspecified atom stereocenters. The van der Waals surface area contributed by atoms with Gasteiger partial charge in [0.05, 0.1) is 24.1 Å². The Bertz CT molecular complexity index is 658. The minimum absolute atomic E-state index is 0.0161. The lowest BCUT2D eigenvalue weighted by atomic mass is 10.2. The number of hydrogen-bond acceptors (Lipinski definition) is 7. The van der Waals surface area contributed by atoms with Crippen LogP contribution in [0.5, 0.6) is 5.75 Å². The Morgan fingerprint density at radius 2 is 1.96 bits per heavy atom. The molecule has 0 aliphatic rings. The Labute approximate surface area is 137 Å². The molecule has 0 bridgehead atoms. The highest BCUT2D eigenvalue weighted by Gasteiger charge is 2.20. The van der Waals surface area contributed by atoms with Crippen LogP contribution in [0.15, 0.2) is 18.2 Å². The molecule has 1 N–H and O–H groups in total. The van der Waals surface area contributed by atoms with E-state index in [9.17, 15) is 24.5 Å². The summed E-state index contributed by atoms with van der Waals surface area (Å²) in [6, 6.07) is 3.47. The zero-order chi connectivity index (χ0) is 18.3. The van der Waals surface area contributed by atoms with Crippen LogP contribution in [0.3, 0.4) is 0 Å². The smallest absolute Gasteiger partial charge is 0.338 e. The van der Waals surface area contributed by atoms with Gasteiger partial charge in [-0.05, 0) is 12.1 Å². The number of nitrogens with zero attached hydrogens (tertiary/aromatic N) is 2. The second-order valence-electron chi connectivity index (χ2n) is 4.78. The fourth-order valence-electron chi connectivity index (χ4n) is 1.55. The number of methoxy groups -OCH3 is 1. The van der Waals surface area contributed by atoms with E-state index in [0.717, 1.165) is 13.2 Å². The summed E-state index contributed by atoms with van der Waals surface area (Å²) in [7, 11) is 4.23. The number of nitrogens with one attached hydrogen (secondary N) is 1. The van der Waals surface area contributed by atoms with Gasteiger partial charge >= 0.3 is 11.7 Å². The molecule has 130 valence electrons. The molecular weight excluding hydrogens is 322 g/mol. The number of ether oxygens (including phenoxy) is 2. The minimum Gasteiger partial charge on any atom is -0.477 e. The summed E-state index contributed by atoms with van der Waals surface area (Å²) in [5.74, 6) is -1.83. The molecule has 0 aromatic heterocycles. The first-order chi connectivity index (χ1) is 11.3. The number of carbonyl (C=O) groups is 3. The van der Waals surface area contributed by atoms with Crippen LogP contribution in [-0.4, -0.2) is 62.0 Å². The van der Waals surface area contributed by atoms with Gasteiger partial charge in [-0.15, -0.1) is 0 Å². The standard InChI is InChI=1S/C14H17N3O7/c1-16(2)13(19)7-15-12(18)8-24-11-5-4-9(14(20)23-3)6-10(11)17(21)22/h4-6H,7-8H2,1-3H3,(H,15,18). The molecule has 0 heterocycles. The molecule has 0 atom stereocenters. The third-order valence-electron chi connectivity index (χ3n) is 2.87. The maximum Gasteiger partial charge on any atom is 0.338 e. The summed E-state index contributed by atoms with van der Waals surface area (Å²) >= 11 is 0. The molecule has 0 fully saturated rings. The van der Waals surface area contributed by atoms with E-state index in [2.05, 4.69) is 10.1 Å². The average Bonchev–Trinajstić information content (AvgIpc) is 2.56. The Morgan fingerprint density at radius 3 is 2.50 bits per heavy atom. The summed E-state index contributed by atoms with van der Waals surface area (Å²) in [6.45, 7) is -0.725. The van der Waals surface area contributed by atoms with Gasteiger partial charge in [0.2, 0.25) is 5.91 Å². The van der Waals surface area contributed by atoms with Crippen LogP contribution in [0.25, 0.3) is 0 Å². The van der Waals surface area contributed by atoms with Crippen molar-refractivity contribution in [2.75, 3.05) is 34.4 Å². The van der Waals surface area contributed by atoms with Gasteiger partial charge in [-0.2, -0.15) is 0 Å². The van der Waals surface area contributed by atoms with Crippen molar-refractivity contribution in [1.29, 1.82) is 0 Å².